The first kappa shape index (κ1) is 21.2. The van der Waals surface area contributed by atoms with Crippen molar-refractivity contribution in [1.82, 2.24) is 0 Å². The number of hydrogen-bond acceptors (Lipinski definition) is 4. The molecule has 2 aliphatic rings. The van der Waals surface area contributed by atoms with Gasteiger partial charge in [-0.2, -0.15) is 0 Å². The Balaban J connectivity index is 1.99. The van der Waals surface area contributed by atoms with Crippen molar-refractivity contribution in [3.63, 3.8) is 0 Å². The fourth-order valence-corrected chi connectivity index (χ4v) is 4.38. The van der Waals surface area contributed by atoms with Gasteiger partial charge in [0.15, 0.2) is 5.12 Å². The van der Waals surface area contributed by atoms with Crippen LogP contribution in [-0.2, 0) is 4.79 Å². The van der Waals surface area contributed by atoms with E-state index in [1.54, 1.807) is 0 Å². The van der Waals surface area contributed by atoms with Crippen molar-refractivity contribution in [2.24, 2.45) is 16.8 Å². The highest BCUT2D eigenvalue weighted by Gasteiger charge is 2.54. The van der Waals surface area contributed by atoms with Crippen LogP contribution in [0.4, 0.5) is 0 Å². The fraction of sp³-hybridized carbons (Fsp3) is 0.714. The lowest BCUT2D eigenvalue weighted by Gasteiger charge is -2.22. The summed E-state index contributed by atoms with van der Waals surface area (Å²) in [6.07, 6.45) is 15.7. The Kier molecular flexibility index (Phi) is 7.94. The van der Waals surface area contributed by atoms with E-state index >= 15 is 0 Å². The number of aliphatic hydroxyl groups excluding tert-OH is 2. The second-order valence-electron chi connectivity index (χ2n) is 7.60. The summed E-state index contributed by atoms with van der Waals surface area (Å²) >= 11 is 3.80. The van der Waals surface area contributed by atoms with Crippen LogP contribution in [-0.4, -0.2) is 38.8 Å². The average molecular weight is 378 g/mol. The maximum absolute atomic E-state index is 11.0. The van der Waals surface area contributed by atoms with Crippen molar-refractivity contribution in [2.45, 2.75) is 82.5 Å². The number of unbranched alkanes of at least 4 members (excludes halogenated alkanes) is 2. The van der Waals surface area contributed by atoms with Crippen molar-refractivity contribution in [2.75, 3.05) is 0 Å². The fourth-order valence-electron chi connectivity index (χ4n) is 4.23. The van der Waals surface area contributed by atoms with Gasteiger partial charge in [0.05, 0.1) is 12.2 Å². The lowest BCUT2D eigenvalue weighted by Crippen LogP contribution is -2.27. The first-order chi connectivity index (χ1) is 12.4. The summed E-state index contributed by atoms with van der Waals surface area (Å²) in [6, 6.07) is 0. The average Bonchev–Trinajstić information content (AvgIpc) is 3.05. The molecule has 2 rings (SSSR count). The molecule has 0 aromatic rings. The summed E-state index contributed by atoms with van der Waals surface area (Å²) in [5, 5.41) is 20.5. The number of thiol groups is 1. The van der Waals surface area contributed by atoms with Gasteiger partial charge in [0.1, 0.15) is 5.54 Å². The summed E-state index contributed by atoms with van der Waals surface area (Å²) in [5.74, 6) is 2.82. The van der Waals surface area contributed by atoms with E-state index in [0.717, 1.165) is 50.7 Å². The molecule has 1 saturated carbocycles. The van der Waals surface area contributed by atoms with E-state index in [2.05, 4.69) is 25.5 Å². The van der Waals surface area contributed by atoms with Crippen LogP contribution in [0.1, 0.15) is 64.7 Å². The molecule has 0 aromatic heterocycles. The third-order valence-corrected chi connectivity index (χ3v) is 5.84. The number of carbonyl (C=O) groups excluding carboxylic acids is 1. The van der Waals surface area contributed by atoms with Crippen LogP contribution in [0.2, 0.25) is 0 Å². The predicted molar refractivity (Wildman–Crippen MR) is 108 cm³/mol. The number of terminal acetylenes is 1. The first-order valence-corrected chi connectivity index (χ1v) is 10.2. The molecule has 0 amide bonds. The van der Waals surface area contributed by atoms with E-state index in [0.29, 0.717) is 12.8 Å². The summed E-state index contributed by atoms with van der Waals surface area (Å²) < 4.78 is 0. The molecule has 0 aromatic carbocycles. The zero-order chi connectivity index (χ0) is 19.2. The molecule has 0 radical (unpaired) electrons. The van der Waals surface area contributed by atoms with Gasteiger partial charge in [-0.25, -0.2) is 0 Å². The highest BCUT2D eigenvalue weighted by molar-refractivity contribution is 7.96. The van der Waals surface area contributed by atoms with Gasteiger partial charge in [-0.3, -0.25) is 9.79 Å². The lowest BCUT2D eigenvalue weighted by atomic mass is 9.82. The molecule has 0 bridgehead atoms. The quantitative estimate of drug-likeness (QED) is 0.237. The second-order valence-corrected chi connectivity index (χ2v) is 8.10. The van der Waals surface area contributed by atoms with Crippen LogP contribution in [0, 0.1) is 24.2 Å². The minimum atomic E-state index is -0.637. The summed E-state index contributed by atoms with van der Waals surface area (Å²) in [4.78, 5) is 15.8. The Bertz CT molecular complexity index is 595. The number of rotatable bonds is 10. The van der Waals surface area contributed by atoms with E-state index in [1.807, 2.05) is 12.2 Å². The molecule has 1 heterocycles. The number of fused-ring (bicyclic) bond motifs is 1. The van der Waals surface area contributed by atoms with Crippen molar-refractivity contribution < 1.29 is 15.0 Å². The molecule has 2 N–H and O–H groups in total. The van der Waals surface area contributed by atoms with Gasteiger partial charge in [0.2, 0.25) is 0 Å². The molecular formula is C21H31NO3S. The molecule has 1 aliphatic heterocycles. The zero-order valence-corrected chi connectivity index (χ0v) is 16.5. The minimum Gasteiger partial charge on any atom is -0.392 e. The largest absolute Gasteiger partial charge is 0.392 e. The maximum atomic E-state index is 11.0. The summed E-state index contributed by atoms with van der Waals surface area (Å²) in [7, 11) is 0. The number of aliphatic imine (C=N–C) groups is 1. The Labute approximate surface area is 162 Å². The van der Waals surface area contributed by atoms with E-state index in [4.69, 9.17) is 11.4 Å². The molecule has 4 nitrogen and oxygen atoms in total. The van der Waals surface area contributed by atoms with E-state index in [1.165, 1.54) is 0 Å². The molecule has 1 fully saturated rings. The molecule has 0 saturated heterocycles. The Hall–Kier alpha value is -1.09. The highest BCUT2D eigenvalue weighted by Crippen LogP contribution is 2.49. The normalized spacial score (nSPS) is 31.7. The van der Waals surface area contributed by atoms with Crippen LogP contribution >= 0.6 is 12.6 Å². The van der Waals surface area contributed by atoms with Crippen LogP contribution in [0.5, 0.6) is 0 Å². The molecule has 5 heteroatoms. The third-order valence-electron chi connectivity index (χ3n) is 5.62. The number of aliphatic hydroxyl groups is 2. The molecule has 0 spiro atoms. The summed E-state index contributed by atoms with van der Waals surface area (Å²) in [6.45, 7) is 2.14. The smallest absolute Gasteiger partial charge is 0.185 e. The number of hydrogen-bond donors (Lipinski definition) is 3. The molecule has 5 atom stereocenters. The minimum absolute atomic E-state index is 0.0725. The van der Waals surface area contributed by atoms with Crippen LogP contribution in [0.25, 0.3) is 0 Å². The van der Waals surface area contributed by atoms with E-state index < -0.39 is 17.7 Å². The number of carbonyl (C=O) groups is 1. The standard InChI is InChI=1S/C21H31NO3S/c1-3-5-6-9-16(23)11-12-17-18-13-15(8-7-10-20(25)26)22-21(18,4-2)14-19(17)24/h2,11-12,16-19,23-24H,3,5-10,13-14H2,1H3,(H,25,26)/t16-,17?,18?,19?,21?/m0/s1. The van der Waals surface area contributed by atoms with Gasteiger partial charge in [0, 0.05) is 30.4 Å². The zero-order valence-electron chi connectivity index (χ0n) is 15.6. The Morgan fingerprint density at radius 1 is 1.50 bits per heavy atom. The Morgan fingerprint density at radius 2 is 2.27 bits per heavy atom. The monoisotopic (exact) mass is 377 g/mol. The third kappa shape index (κ3) is 5.22. The molecule has 4 unspecified atom stereocenters. The van der Waals surface area contributed by atoms with Gasteiger partial charge < -0.3 is 10.2 Å². The van der Waals surface area contributed by atoms with Gasteiger partial charge in [-0.05, 0) is 25.7 Å². The van der Waals surface area contributed by atoms with Gasteiger partial charge in [0.25, 0.3) is 0 Å². The number of nitrogens with zero attached hydrogens (tertiary/aromatic N) is 1. The van der Waals surface area contributed by atoms with Crippen molar-refractivity contribution >= 4 is 23.5 Å². The van der Waals surface area contributed by atoms with E-state index in [9.17, 15) is 15.0 Å². The van der Waals surface area contributed by atoms with Gasteiger partial charge in [-0.1, -0.05) is 44.3 Å². The van der Waals surface area contributed by atoms with Crippen LogP contribution < -0.4 is 0 Å². The van der Waals surface area contributed by atoms with E-state index in [-0.39, 0.29) is 17.0 Å². The van der Waals surface area contributed by atoms with Crippen molar-refractivity contribution in [3.8, 4) is 12.3 Å². The lowest BCUT2D eigenvalue weighted by molar-refractivity contribution is -0.110. The molecule has 144 valence electrons. The van der Waals surface area contributed by atoms with Crippen LogP contribution in [0.15, 0.2) is 17.1 Å². The second kappa shape index (κ2) is 9.73. The van der Waals surface area contributed by atoms with Crippen molar-refractivity contribution in [3.05, 3.63) is 12.2 Å². The molecule has 1 aliphatic carbocycles. The summed E-state index contributed by atoms with van der Waals surface area (Å²) in [5.41, 5.74) is 0.401. The highest BCUT2D eigenvalue weighted by atomic mass is 32.1. The Morgan fingerprint density at radius 3 is 2.92 bits per heavy atom. The first-order valence-electron chi connectivity index (χ1n) is 9.73. The maximum Gasteiger partial charge on any atom is 0.185 e. The van der Waals surface area contributed by atoms with Crippen molar-refractivity contribution in [1.29, 1.82) is 0 Å². The topological polar surface area (TPSA) is 69.9 Å². The van der Waals surface area contributed by atoms with Crippen LogP contribution in [0.3, 0.4) is 0 Å². The predicted octanol–water partition coefficient (Wildman–Crippen LogP) is 3.32. The van der Waals surface area contributed by atoms with Gasteiger partial charge >= 0.3 is 0 Å². The molecule has 26 heavy (non-hydrogen) atoms. The SMILES string of the molecule is C#CC12CC(O)C(C=C[C@@H](O)CCCCC)C1CC(CCCC(=O)S)=N2. The van der Waals surface area contributed by atoms with Gasteiger partial charge in [-0.15, -0.1) is 19.1 Å². The molecular weight excluding hydrogens is 346 g/mol.